The highest BCUT2D eigenvalue weighted by molar-refractivity contribution is 6.00. The van der Waals surface area contributed by atoms with E-state index in [0.29, 0.717) is 13.1 Å². The molecule has 2 aromatic heterocycles. The van der Waals surface area contributed by atoms with Crippen LogP contribution >= 0.6 is 0 Å². The minimum Gasteiger partial charge on any atom is -0.444 e. The summed E-state index contributed by atoms with van der Waals surface area (Å²) in [7, 11) is 0. The predicted molar refractivity (Wildman–Crippen MR) is 145 cm³/mol. The Bertz CT molecular complexity index is 1170. The maximum atomic E-state index is 12.9. The molecule has 0 spiro atoms. The summed E-state index contributed by atoms with van der Waals surface area (Å²) in [5, 5.41) is 10.7. The average molecular weight is 508 g/mol. The lowest BCUT2D eigenvalue weighted by Gasteiger charge is -2.44. The highest BCUT2D eigenvalue weighted by Crippen LogP contribution is 2.42. The summed E-state index contributed by atoms with van der Waals surface area (Å²) in [6.45, 7) is 13.3. The Labute approximate surface area is 220 Å². The maximum Gasteiger partial charge on any atom is 0.410 e. The van der Waals surface area contributed by atoms with Crippen molar-refractivity contribution in [2.75, 3.05) is 36.0 Å². The molecule has 3 fully saturated rings. The summed E-state index contributed by atoms with van der Waals surface area (Å²) >= 11 is 0. The molecule has 200 valence electrons. The van der Waals surface area contributed by atoms with Crippen molar-refractivity contribution in [2.24, 2.45) is 5.92 Å². The molecular formula is C28H41N7O2. The van der Waals surface area contributed by atoms with Crippen LogP contribution in [0.15, 0.2) is 12.5 Å². The monoisotopic (exact) mass is 507 g/mol. The van der Waals surface area contributed by atoms with Crippen LogP contribution in [0.25, 0.3) is 11.0 Å². The molecule has 37 heavy (non-hydrogen) atoms. The van der Waals surface area contributed by atoms with Gasteiger partial charge >= 0.3 is 6.09 Å². The van der Waals surface area contributed by atoms with Crippen molar-refractivity contribution in [1.82, 2.24) is 19.4 Å². The van der Waals surface area contributed by atoms with Crippen LogP contribution in [0.3, 0.4) is 0 Å². The van der Waals surface area contributed by atoms with E-state index in [1.54, 1.807) is 6.33 Å². The van der Waals surface area contributed by atoms with E-state index >= 15 is 0 Å². The zero-order valence-electron chi connectivity index (χ0n) is 23.0. The van der Waals surface area contributed by atoms with E-state index in [4.69, 9.17) is 14.7 Å². The normalized spacial score (nSPS) is 27.0. The highest BCUT2D eigenvalue weighted by Gasteiger charge is 2.37. The molecular weight excluding hydrogens is 466 g/mol. The average Bonchev–Trinajstić information content (AvgIpc) is 3.52. The number of hydrogen-bond acceptors (Lipinski definition) is 7. The number of aromatic nitrogens is 3. The van der Waals surface area contributed by atoms with Gasteiger partial charge < -0.3 is 24.0 Å². The van der Waals surface area contributed by atoms with Gasteiger partial charge in [-0.15, -0.1) is 0 Å². The van der Waals surface area contributed by atoms with E-state index in [2.05, 4.69) is 40.5 Å². The van der Waals surface area contributed by atoms with Gasteiger partial charge in [0.15, 0.2) is 0 Å². The van der Waals surface area contributed by atoms with Crippen molar-refractivity contribution in [1.29, 1.82) is 5.26 Å². The Kier molecular flexibility index (Phi) is 6.95. The quantitative estimate of drug-likeness (QED) is 0.569. The molecule has 0 bridgehead atoms. The fourth-order valence-corrected chi connectivity index (χ4v) is 6.27. The second-order valence-electron chi connectivity index (χ2n) is 12.1. The van der Waals surface area contributed by atoms with Crippen molar-refractivity contribution in [2.45, 2.75) is 96.9 Å². The van der Waals surface area contributed by atoms with Crippen LogP contribution in [0.2, 0.25) is 0 Å². The molecule has 4 heterocycles. The molecule has 5 rings (SSSR count). The van der Waals surface area contributed by atoms with E-state index in [-0.39, 0.29) is 30.1 Å². The highest BCUT2D eigenvalue weighted by atomic mass is 16.6. The molecule has 9 nitrogen and oxygen atoms in total. The Hall–Kier alpha value is -3.02. The van der Waals surface area contributed by atoms with E-state index in [1.807, 2.05) is 25.7 Å². The van der Waals surface area contributed by atoms with Gasteiger partial charge in [-0.3, -0.25) is 0 Å². The lowest BCUT2D eigenvalue weighted by Crippen LogP contribution is -2.59. The van der Waals surface area contributed by atoms with Gasteiger partial charge in [0, 0.05) is 56.4 Å². The van der Waals surface area contributed by atoms with Crippen molar-refractivity contribution in [3.63, 3.8) is 0 Å². The molecule has 0 radical (unpaired) electrons. The lowest BCUT2D eigenvalue weighted by molar-refractivity contribution is 0.0130. The van der Waals surface area contributed by atoms with Gasteiger partial charge in [0.05, 0.1) is 17.1 Å². The van der Waals surface area contributed by atoms with E-state index in [9.17, 15) is 10.1 Å². The van der Waals surface area contributed by atoms with Crippen LogP contribution in [-0.2, 0) is 4.74 Å². The Morgan fingerprint density at radius 2 is 1.84 bits per heavy atom. The molecule has 2 saturated heterocycles. The van der Waals surface area contributed by atoms with Crippen LogP contribution in [0.5, 0.6) is 0 Å². The van der Waals surface area contributed by atoms with E-state index in [1.165, 1.54) is 18.5 Å². The fourth-order valence-electron chi connectivity index (χ4n) is 6.27. The third-order valence-corrected chi connectivity index (χ3v) is 8.12. The fraction of sp³-hybridized carbons (Fsp3) is 0.714. The smallest absolute Gasteiger partial charge is 0.410 e. The number of nitrogens with zero attached hydrogens (tertiary/aromatic N) is 7. The first-order valence-electron chi connectivity index (χ1n) is 13.9. The second kappa shape index (κ2) is 10.0. The van der Waals surface area contributed by atoms with Crippen LogP contribution in [0.1, 0.15) is 79.2 Å². The van der Waals surface area contributed by atoms with Gasteiger partial charge in [-0.2, -0.15) is 5.26 Å². The Morgan fingerprint density at radius 1 is 1.08 bits per heavy atom. The first kappa shape index (κ1) is 25.6. The van der Waals surface area contributed by atoms with Gasteiger partial charge in [0.2, 0.25) is 0 Å². The third kappa shape index (κ3) is 5.07. The number of carbonyl (C=O) groups is 1. The van der Waals surface area contributed by atoms with Crippen molar-refractivity contribution in [3.8, 4) is 6.07 Å². The Balaban J connectivity index is 1.51. The molecule has 4 atom stereocenters. The number of rotatable bonds is 3. The molecule has 2 aromatic rings. The van der Waals surface area contributed by atoms with Crippen molar-refractivity contribution >= 4 is 28.6 Å². The minimum absolute atomic E-state index is 0.0110. The largest absolute Gasteiger partial charge is 0.444 e. The van der Waals surface area contributed by atoms with Gasteiger partial charge in [0.1, 0.15) is 23.4 Å². The minimum atomic E-state index is -0.521. The zero-order valence-corrected chi connectivity index (χ0v) is 23.0. The SMILES string of the molecule is C[C@@H]1CN(c2ncnc3c2c(N2CCCC2)cn3[C@H]2CCC[C@@H](C#N)C2)[C@@H](C)CN1C(=O)OC(C)(C)C. The number of anilines is 2. The number of piperazine rings is 1. The van der Waals surface area contributed by atoms with Crippen LogP contribution in [-0.4, -0.2) is 69.4 Å². The van der Waals surface area contributed by atoms with Gasteiger partial charge in [0.25, 0.3) is 0 Å². The number of ether oxygens (including phenoxy) is 1. The lowest BCUT2D eigenvalue weighted by atomic mass is 9.86. The number of nitriles is 1. The summed E-state index contributed by atoms with van der Waals surface area (Å²) in [4.78, 5) is 29.2. The van der Waals surface area contributed by atoms with Crippen LogP contribution in [0, 0.1) is 17.2 Å². The molecule has 0 N–H and O–H groups in total. The summed E-state index contributed by atoms with van der Waals surface area (Å²) in [6.07, 6.45) is 10.1. The van der Waals surface area contributed by atoms with Crippen LogP contribution in [0.4, 0.5) is 16.3 Å². The summed E-state index contributed by atoms with van der Waals surface area (Å²) in [5.74, 6) is 1.05. The van der Waals surface area contributed by atoms with Gasteiger partial charge in [-0.1, -0.05) is 6.42 Å². The molecule has 9 heteroatoms. The number of amides is 1. The summed E-state index contributed by atoms with van der Waals surface area (Å²) in [6, 6.07) is 2.85. The third-order valence-electron chi connectivity index (χ3n) is 8.12. The van der Waals surface area contributed by atoms with Crippen LogP contribution < -0.4 is 9.80 Å². The molecule has 1 amide bonds. The first-order valence-corrected chi connectivity index (χ1v) is 13.9. The van der Waals surface area contributed by atoms with Gasteiger partial charge in [-0.05, 0) is 66.7 Å². The maximum absolute atomic E-state index is 12.9. The molecule has 0 aromatic carbocycles. The van der Waals surface area contributed by atoms with E-state index in [0.717, 1.165) is 55.6 Å². The second-order valence-corrected chi connectivity index (χ2v) is 12.1. The first-order chi connectivity index (χ1) is 17.7. The summed E-state index contributed by atoms with van der Waals surface area (Å²) in [5.41, 5.74) is 1.65. The summed E-state index contributed by atoms with van der Waals surface area (Å²) < 4.78 is 8.03. The number of hydrogen-bond donors (Lipinski definition) is 0. The predicted octanol–water partition coefficient (Wildman–Crippen LogP) is 5.12. The molecule has 0 unspecified atom stereocenters. The molecule has 1 saturated carbocycles. The number of carbonyl (C=O) groups excluding carboxylic acids is 1. The Morgan fingerprint density at radius 3 is 2.54 bits per heavy atom. The van der Waals surface area contributed by atoms with Crippen molar-refractivity contribution in [3.05, 3.63) is 12.5 Å². The van der Waals surface area contributed by atoms with E-state index < -0.39 is 5.60 Å². The standard InChI is InChI=1S/C28H41N7O2/c1-19-16-34(27(36)37-28(3,4)5)20(2)15-33(19)25-24-23(32-11-6-7-12-32)17-35(26(24)31-18-30-25)22-10-8-9-21(13-22)14-29/h17-22H,6-13,15-16H2,1-5H3/t19-,20+,21+,22-/m0/s1. The van der Waals surface area contributed by atoms with Crippen molar-refractivity contribution < 1.29 is 9.53 Å². The zero-order chi connectivity index (χ0) is 26.3. The number of fused-ring (bicyclic) bond motifs is 1. The molecule has 2 aliphatic heterocycles. The van der Waals surface area contributed by atoms with Gasteiger partial charge in [-0.25, -0.2) is 14.8 Å². The topological polar surface area (TPSA) is 90.5 Å². The molecule has 1 aliphatic carbocycles. The molecule has 3 aliphatic rings.